The van der Waals surface area contributed by atoms with Crippen molar-refractivity contribution >= 4 is 21.6 Å². The molecule has 0 aliphatic carbocycles. The van der Waals surface area contributed by atoms with E-state index in [2.05, 4.69) is 10.3 Å². The summed E-state index contributed by atoms with van der Waals surface area (Å²) in [4.78, 5) is 16.3. The normalized spacial score (nSPS) is 11.3. The third-order valence-corrected chi connectivity index (χ3v) is 5.91. The molecule has 2 aromatic carbocycles. The van der Waals surface area contributed by atoms with Gasteiger partial charge in [-0.2, -0.15) is 4.31 Å². The lowest BCUT2D eigenvalue weighted by molar-refractivity contribution is -0.116. The molecule has 1 N–H and O–H groups in total. The van der Waals surface area contributed by atoms with Crippen LogP contribution in [0.2, 0.25) is 0 Å². The summed E-state index contributed by atoms with van der Waals surface area (Å²) < 4.78 is 31.9. The number of ether oxygens (including phenoxy) is 1. The van der Waals surface area contributed by atoms with Crippen LogP contribution >= 0.6 is 0 Å². The average Bonchev–Trinajstić information content (AvgIpc) is 2.71. The minimum Gasteiger partial charge on any atom is -0.455 e. The monoisotopic (exact) mass is 411 g/mol. The second-order valence-corrected chi connectivity index (χ2v) is 8.45. The van der Waals surface area contributed by atoms with Gasteiger partial charge in [-0.3, -0.25) is 9.78 Å². The molecule has 0 bridgehead atoms. The number of hydrogen-bond acceptors (Lipinski definition) is 5. The zero-order chi connectivity index (χ0) is 20.9. The van der Waals surface area contributed by atoms with Crippen LogP contribution in [0.25, 0.3) is 0 Å². The number of nitrogens with zero attached hydrogens (tertiary/aromatic N) is 2. The van der Waals surface area contributed by atoms with Gasteiger partial charge in [-0.1, -0.05) is 29.8 Å². The lowest BCUT2D eigenvalue weighted by atomic mass is 10.2. The minimum absolute atomic E-state index is 0.0263. The smallest absolute Gasteiger partial charge is 0.244 e. The van der Waals surface area contributed by atoms with Gasteiger partial charge in [0.05, 0.1) is 12.2 Å². The molecule has 8 heteroatoms. The quantitative estimate of drug-likeness (QED) is 0.643. The van der Waals surface area contributed by atoms with E-state index < -0.39 is 15.9 Å². The molecule has 0 fully saturated rings. The molecule has 1 heterocycles. The predicted octanol–water partition coefficient (Wildman–Crippen LogP) is 3.44. The van der Waals surface area contributed by atoms with Crippen LogP contribution in [0.5, 0.6) is 11.5 Å². The number of nitrogens with one attached hydrogen (secondary N) is 1. The first-order valence-corrected chi connectivity index (χ1v) is 10.3. The maximum atomic E-state index is 12.5. The molecule has 1 aromatic heterocycles. The summed E-state index contributed by atoms with van der Waals surface area (Å²) in [7, 11) is -2.47. The molecule has 1 amide bonds. The predicted molar refractivity (Wildman–Crippen MR) is 110 cm³/mol. The fourth-order valence-electron chi connectivity index (χ4n) is 2.55. The van der Waals surface area contributed by atoms with Gasteiger partial charge < -0.3 is 10.1 Å². The van der Waals surface area contributed by atoms with Crippen molar-refractivity contribution in [2.24, 2.45) is 0 Å². The number of anilines is 1. The fraction of sp³-hybridized carbons (Fsp3) is 0.143. The number of sulfonamides is 1. The molecule has 0 unspecified atom stereocenters. The summed E-state index contributed by atoms with van der Waals surface area (Å²) in [6.45, 7) is 1.63. The fourth-order valence-corrected chi connectivity index (χ4v) is 3.64. The molecule has 3 aromatic rings. The minimum atomic E-state index is -3.81. The van der Waals surface area contributed by atoms with Crippen molar-refractivity contribution in [1.82, 2.24) is 9.29 Å². The topological polar surface area (TPSA) is 88.6 Å². The van der Waals surface area contributed by atoms with Crippen molar-refractivity contribution in [3.63, 3.8) is 0 Å². The molecule has 0 atom stereocenters. The summed E-state index contributed by atoms with van der Waals surface area (Å²) in [5, 5.41) is 2.71. The standard InChI is InChI=1S/C21H21N3O4S/c1-16-9-11-17(12-10-16)28-20-8-4-3-7-19(20)23-21(25)15-24(2)29(26,27)18-6-5-13-22-14-18/h3-14H,15H2,1-2H3,(H,23,25). The van der Waals surface area contributed by atoms with E-state index in [0.717, 1.165) is 9.87 Å². The zero-order valence-electron chi connectivity index (χ0n) is 16.1. The van der Waals surface area contributed by atoms with E-state index in [4.69, 9.17) is 4.74 Å². The van der Waals surface area contributed by atoms with Gasteiger partial charge in [0.15, 0.2) is 5.75 Å². The van der Waals surface area contributed by atoms with E-state index in [0.29, 0.717) is 17.2 Å². The Hall–Kier alpha value is -3.23. The van der Waals surface area contributed by atoms with Crippen LogP contribution in [-0.4, -0.2) is 37.2 Å². The average molecular weight is 411 g/mol. The second kappa shape index (κ2) is 8.85. The molecule has 0 aliphatic rings. The molecule has 0 saturated heterocycles. The number of hydrogen-bond donors (Lipinski definition) is 1. The summed E-state index contributed by atoms with van der Waals surface area (Å²) in [5.41, 5.74) is 1.56. The Morgan fingerprint density at radius 2 is 1.79 bits per heavy atom. The molecule has 0 saturated carbocycles. The third kappa shape index (κ3) is 5.18. The molecule has 29 heavy (non-hydrogen) atoms. The largest absolute Gasteiger partial charge is 0.455 e. The molecule has 0 radical (unpaired) electrons. The number of benzene rings is 2. The summed E-state index contributed by atoms with van der Waals surface area (Å²) in [6, 6.07) is 17.4. The first kappa shape index (κ1) is 20.5. The lowest BCUT2D eigenvalue weighted by Gasteiger charge is -2.17. The van der Waals surface area contributed by atoms with Crippen LogP contribution in [0.15, 0.2) is 78.0 Å². The van der Waals surface area contributed by atoms with Crippen LogP contribution in [0, 0.1) is 6.92 Å². The third-order valence-electron chi connectivity index (χ3n) is 4.12. The molecule has 0 aliphatic heterocycles. The molecular weight excluding hydrogens is 390 g/mol. The van der Waals surface area contributed by atoms with Crippen LogP contribution < -0.4 is 10.1 Å². The Kier molecular flexibility index (Phi) is 6.26. The Bertz CT molecular complexity index is 1080. The van der Waals surface area contributed by atoms with Gasteiger partial charge in [0, 0.05) is 19.4 Å². The highest BCUT2D eigenvalue weighted by Gasteiger charge is 2.23. The number of para-hydroxylation sites is 2. The van der Waals surface area contributed by atoms with E-state index in [-0.39, 0.29) is 11.4 Å². The molecular formula is C21H21N3O4S. The van der Waals surface area contributed by atoms with Crippen molar-refractivity contribution in [2.75, 3.05) is 18.9 Å². The first-order chi connectivity index (χ1) is 13.9. The molecule has 7 nitrogen and oxygen atoms in total. The van der Waals surface area contributed by atoms with Crippen LogP contribution in [0.4, 0.5) is 5.69 Å². The second-order valence-electron chi connectivity index (χ2n) is 6.41. The molecule has 150 valence electrons. The highest BCUT2D eigenvalue weighted by atomic mass is 32.2. The lowest BCUT2D eigenvalue weighted by Crippen LogP contribution is -2.35. The van der Waals surface area contributed by atoms with Crippen molar-refractivity contribution in [1.29, 1.82) is 0 Å². The van der Waals surface area contributed by atoms with E-state index in [9.17, 15) is 13.2 Å². The number of aromatic nitrogens is 1. The summed E-state index contributed by atoms with van der Waals surface area (Å²) in [6.07, 6.45) is 2.73. The molecule has 3 rings (SSSR count). The van der Waals surface area contributed by atoms with Crippen LogP contribution in [0.1, 0.15) is 5.56 Å². The van der Waals surface area contributed by atoms with Gasteiger partial charge in [-0.25, -0.2) is 8.42 Å². The number of pyridine rings is 1. The number of carbonyl (C=O) groups is 1. The Morgan fingerprint density at radius 3 is 2.48 bits per heavy atom. The number of amides is 1. The van der Waals surface area contributed by atoms with E-state index in [1.54, 1.807) is 24.3 Å². The maximum absolute atomic E-state index is 12.5. The van der Waals surface area contributed by atoms with Gasteiger partial charge in [0.1, 0.15) is 10.6 Å². The zero-order valence-corrected chi connectivity index (χ0v) is 16.9. The van der Waals surface area contributed by atoms with Crippen molar-refractivity contribution in [3.8, 4) is 11.5 Å². The van der Waals surface area contributed by atoms with Gasteiger partial charge in [0.2, 0.25) is 15.9 Å². The van der Waals surface area contributed by atoms with E-state index >= 15 is 0 Å². The Balaban J connectivity index is 1.70. The number of carbonyl (C=O) groups excluding carboxylic acids is 1. The highest BCUT2D eigenvalue weighted by Crippen LogP contribution is 2.29. The summed E-state index contributed by atoms with van der Waals surface area (Å²) >= 11 is 0. The maximum Gasteiger partial charge on any atom is 0.244 e. The van der Waals surface area contributed by atoms with Crippen molar-refractivity contribution < 1.29 is 17.9 Å². The first-order valence-electron chi connectivity index (χ1n) is 8.86. The summed E-state index contributed by atoms with van der Waals surface area (Å²) in [5.74, 6) is 0.607. The van der Waals surface area contributed by atoms with Gasteiger partial charge in [0.25, 0.3) is 0 Å². The van der Waals surface area contributed by atoms with E-state index in [1.807, 2.05) is 31.2 Å². The number of aryl methyl sites for hydroxylation is 1. The molecule has 0 spiro atoms. The van der Waals surface area contributed by atoms with Crippen LogP contribution in [-0.2, 0) is 14.8 Å². The van der Waals surface area contributed by atoms with Gasteiger partial charge in [-0.05, 0) is 43.3 Å². The Labute approximate surface area is 170 Å². The SMILES string of the molecule is Cc1ccc(Oc2ccccc2NC(=O)CN(C)S(=O)(=O)c2cccnc2)cc1. The van der Waals surface area contributed by atoms with Gasteiger partial charge >= 0.3 is 0 Å². The highest BCUT2D eigenvalue weighted by molar-refractivity contribution is 7.89. The van der Waals surface area contributed by atoms with Crippen LogP contribution in [0.3, 0.4) is 0 Å². The Morgan fingerprint density at radius 1 is 1.07 bits per heavy atom. The number of rotatable bonds is 7. The van der Waals surface area contributed by atoms with Gasteiger partial charge in [-0.15, -0.1) is 0 Å². The number of likely N-dealkylation sites (N-methyl/N-ethyl adjacent to an activating group) is 1. The van der Waals surface area contributed by atoms with E-state index in [1.165, 1.54) is 31.6 Å². The van der Waals surface area contributed by atoms with Crippen molar-refractivity contribution in [3.05, 3.63) is 78.6 Å². The van der Waals surface area contributed by atoms with Crippen molar-refractivity contribution in [2.45, 2.75) is 11.8 Å².